The molecule has 0 heterocycles. The highest BCUT2D eigenvalue weighted by Crippen LogP contribution is 2.23. The van der Waals surface area contributed by atoms with E-state index in [2.05, 4.69) is 5.32 Å². The number of nitrogens with one attached hydrogen (secondary N) is 1. The fourth-order valence-electron chi connectivity index (χ4n) is 1.94. The van der Waals surface area contributed by atoms with E-state index in [0.717, 1.165) is 10.6 Å². The molecule has 118 valence electrons. The summed E-state index contributed by atoms with van der Waals surface area (Å²) in [5.41, 5.74) is 0.421. The van der Waals surface area contributed by atoms with Crippen LogP contribution < -0.4 is 14.4 Å². The fourth-order valence-corrected chi connectivity index (χ4v) is 3.12. The Balaban J connectivity index is 3.14. The molecule has 1 aromatic carbocycles. The van der Waals surface area contributed by atoms with Gasteiger partial charge < -0.3 is 10.1 Å². The summed E-state index contributed by atoms with van der Waals surface area (Å²) in [7, 11) is -2.06. The summed E-state index contributed by atoms with van der Waals surface area (Å²) in [4.78, 5) is 12.1. The second kappa shape index (κ2) is 6.80. The Labute approximate surface area is 126 Å². The SMILES string of the molecule is COc1ccc(N([C@@H](C)C(=O)NC(C)C)S(C)(=O)=O)cc1. The molecular weight excluding hydrogens is 292 g/mol. The molecule has 0 unspecified atom stereocenters. The average molecular weight is 314 g/mol. The number of anilines is 1. The van der Waals surface area contributed by atoms with Gasteiger partial charge in [-0.2, -0.15) is 0 Å². The molecule has 1 amide bonds. The molecule has 7 heteroatoms. The van der Waals surface area contributed by atoms with E-state index in [4.69, 9.17) is 4.74 Å². The number of carbonyl (C=O) groups is 1. The predicted octanol–water partition coefficient (Wildman–Crippen LogP) is 1.37. The van der Waals surface area contributed by atoms with E-state index >= 15 is 0 Å². The van der Waals surface area contributed by atoms with Gasteiger partial charge >= 0.3 is 0 Å². The van der Waals surface area contributed by atoms with Gasteiger partial charge in [0.1, 0.15) is 11.8 Å². The topological polar surface area (TPSA) is 75.7 Å². The number of sulfonamides is 1. The van der Waals surface area contributed by atoms with Crippen LogP contribution in [0.4, 0.5) is 5.69 Å². The first-order valence-corrected chi connectivity index (χ1v) is 8.45. The molecule has 1 aromatic rings. The van der Waals surface area contributed by atoms with Gasteiger partial charge in [-0.3, -0.25) is 9.10 Å². The van der Waals surface area contributed by atoms with Gasteiger partial charge in [-0.05, 0) is 45.0 Å². The van der Waals surface area contributed by atoms with Gasteiger partial charge in [-0.25, -0.2) is 8.42 Å². The zero-order chi connectivity index (χ0) is 16.2. The maximum Gasteiger partial charge on any atom is 0.243 e. The minimum Gasteiger partial charge on any atom is -0.497 e. The van der Waals surface area contributed by atoms with E-state index in [1.807, 2.05) is 13.8 Å². The monoisotopic (exact) mass is 314 g/mol. The van der Waals surface area contributed by atoms with Crippen LogP contribution in [0.3, 0.4) is 0 Å². The van der Waals surface area contributed by atoms with Crippen molar-refractivity contribution in [3.05, 3.63) is 24.3 Å². The molecule has 1 rings (SSSR count). The molecule has 1 N–H and O–H groups in total. The van der Waals surface area contributed by atoms with Crippen molar-refractivity contribution < 1.29 is 17.9 Å². The molecule has 0 radical (unpaired) electrons. The normalized spacial score (nSPS) is 12.9. The zero-order valence-corrected chi connectivity index (χ0v) is 13.8. The van der Waals surface area contributed by atoms with Gasteiger partial charge in [0.05, 0.1) is 19.1 Å². The van der Waals surface area contributed by atoms with Gasteiger partial charge in [0.15, 0.2) is 0 Å². The zero-order valence-electron chi connectivity index (χ0n) is 13.0. The highest BCUT2D eigenvalue weighted by molar-refractivity contribution is 7.92. The van der Waals surface area contributed by atoms with Crippen molar-refractivity contribution in [1.29, 1.82) is 0 Å². The molecule has 21 heavy (non-hydrogen) atoms. The summed E-state index contributed by atoms with van der Waals surface area (Å²) in [6.07, 6.45) is 1.08. The van der Waals surface area contributed by atoms with E-state index in [-0.39, 0.29) is 11.9 Å². The second-order valence-electron chi connectivity index (χ2n) is 5.10. The van der Waals surface area contributed by atoms with E-state index < -0.39 is 16.1 Å². The summed E-state index contributed by atoms with van der Waals surface area (Å²) < 4.78 is 30.2. The van der Waals surface area contributed by atoms with Crippen molar-refractivity contribution >= 4 is 21.6 Å². The lowest BCUT2D eigenvalue weighted by Gasteiger charge is -2.28. The molecule has 0 saturated heterocycles. The number of hydrogen-bond donors (Lipinski definition) is 1. The third kappa shape index (κ3) is 4.63. The Kier molecular flexibility index (Phi) is 5.60. The Morgan fingerprint density at radius 2 is 1.71 bits per heavy atom. The summed E-state index contributed by atoms with van der Waals surface area (Å²) in [6, 6.07) is 5.63. The van der Waals surface area contributed by atoms with Crippen LogP contribution in [0.25, 0.3) is 0 Å². The molecule has 6 nitrogen and oxygen atoms in total. The standard InChI is InChI=1S/C14H22N2O4S/c1-10(2)15-14(17)11(3)16(21(5,18)19)12-6-8-13(20-4)9-7-12/h6-11H,1-5H3,(H,15,17)/t11-/m0/s1. The first-order valence-electron chi connectivity index (χ1n) is 6.60. The van der Waals surface area contributed by atoms with E-state index in [1.165, 1.54) is 7.11 Å². The molecular formula is C14H22N2O4S. The number of rotatable bonds is 6. The van der Waals surface area contributed by atoms with Crippen molar-refractivity contribution in [1.82, 2.24) is 5.32 Å². The van der Waals surface area contributed by atoms with Gasteiger partial charge in [0.25, 0.3) is 0 Å². The third-order valence-electron chi connectivity index (χ3n) is 2.85. The molecule has 0 aliphatic heterocycles. The number of amides is 1. The van der Waals surface area contributed by atoms with E-state index in [0.29, 0.717) is 11.4 Å². The summed E-state index contributed by atoms with van der Waals surface area (Å²) >= 11 is 0. The number of nitrogens with zero attached hydrogens (tertiary/aromatic N) is 1. The molecule has 0 bridgehead atoms. The molecule has 0 aromatic heterocycles. The van der Waals surface area contributed by atoms with Crippen molar-refractivity contribution in [3.63, 3.8) is 0 Å². The Bertz CT molecular complexity index is 581. The summed E-state index contributed by atoms with van der Waals surface area (Å²) in [5, 5.41) is 2.72. The summed E-state index contributed by atoms with van der Waals surface area (Å²) in [5.74, 6) is 0.276. The first kappa shape index (κ1) is 17.3. The third-order valence-corrected chi connectivity index (χ3v) is 4.09. The minimum absolute atomic E-state index is 0.0581. The molecule has 0 aliphatic rings. The highest BCUT2D eigenvalue weighted by atomic mass is 32.2. The van der Waals surface area contributed by atoms with Crippen LogP contribution in [0.5, 0.6) is 5.75 Å². The lowest BCUT2D eigenvalue weighted by atomic mass is 10.2. The minimum atomic E-state index is -3.59. The van der Waals surface area contributed by atoms with Crippen LogP contribution in [0, 0.1) is 0 Å². The maximum atomic E-state index is 12.1. The number of ether oxygens (including phenoxy) is 1. The van der Waals surface area contributed by atoms with Crippen LogP contribution in [-0.4, -0.2) is 39.8 Å². The van der Waals surface area contributed by atoms with Crippen LogP contribution in [0.1, 0.15) is 20.8 Å². The van der Waals surface area contributed by atoms with Gasteiger partial charge in [0.2, 0.25) is 15.9 Å². The van der Waals surface area contributed by atoms with E-state index in [1.54, 1.807) is 31.2 Å². The van der Waals surface area contributed by atoms with E-state index in [9.17, 15) is 13.2 Å². The van der Waals surface area contributed by atoms with Crippen molar-refractivity contribution in [2.24, 2.45) is 0 Å². The van der Waals surface area contributed by atoms with Crippen LogP contribution in [0.15, 0.2) is 24.3 Å². The average Bonchev–Trinajstić information content (AvgIpc) is 2.37. The van der Waals surface area contributed by atoms with Gasteiger partial charge in [0, 0.05) is 6.04 Å². The first-order chi connectivity index (χ1) is 9.66. The maximum absolute atomic E-state index is 12.1. The molecule has 0 fully saturated rings. The number of hydrogen-bond acceptors (Lipinski definition) is 4. The van der Waals surface area contributed by atoms with Crippen molar-refractivity contribution in [3.8, 4) is 5.75 Å². The second-order valence-corrected chi connectivity index (χ2v) is 6.96. The number of methoxy groups -OCH3 is 1. The smallest absolute Gasteiger partial charge is 0.243 e. The quantitative estimate of drug-likeness (QED) is 0.860. The molecule has 0 saturated carbocycles. The number of carbonyl (C=O) groups excluding carboxylic acids is 1. The predicted molar refractivity (Wildman–Crippen MR) is 83.1 cm³/mol. The lowest BCUT2D eigenvalue weighted by molar-refractivity contribution is -0.122. The molecule has 0 spiro atoms. The van der Waals surface area contributed by atoms with Crippen molar-refractivity contribution in [2.75, 3.05) is 17.7 Å². The Hall–Kier alpha value is -1.76. The van der Waals surface area contributed by atoms with Crippen LogP contribution in [0.2, 0.25) is 0 Å². The summed E-state index contributed by atoms with van der Waals surface area (Å²) in [6.45, 7) is 5.20. The Morgan fingerprint density at radius 1 is 1.19 bits per heavy atom. The number of benzene rings is 1. The highest BCUT2D eigenvalue weighted by Gasteiger charge is 2.29. The fraction of sp³-hybridized carbons (Fsp3) is 0.500. The van der Waals surface area contributed by atoms with Gasteiger partial charge in [-0.1, -0.05) is 0 Å². The van der Waals surface area contributed by atoms with Crippen LogP contribution >= 0.6 is 0 Å². The molecule has 0 aliphatic carbocycles. The van der Waals surface area contributed by atoms with Crippen LogP contribution in [-0.2, 0) is 14.8 Å². The van der Waals surface area contributed by atoms with Gasteiger partial charge in [-0.15, -0.1) is 0 Å². The van der Waals surface area contributed by atoms with Crippen molar-refractivity contribution in [2.45, 2.75) is 32.9 Å². The largest absolute Gasteiger partial charge is 0.497 e. The molecule has 1 atom stereocenters. The lowest BCUT2D eigenvalue weighted by Crippen LogP contribution is -2.49. The Morgan fingerprint density at radius 3 is 2.10 bits per heavy atom.